The first kappa shape index (κ1) is 14.0. The zero-order chi connectivity index (χ0) is 14.8. The van der Waals surface area contributed by atoms with E-state index in [-0.39, 0.29) is 5.78 Å². The summed E-state index contributed by atoms with van der Waals surface area (Å²) in [6.07, 6.45) is 0. The number of Topliss-reactive ketones (excluding diaryl/α,β-unsaturated/α-hetero) is 1. The lowest BCUT2D eigenvalue weighted by atomic mass is 10.1. The molecule has 108 valence electrons. The summed E-state index contributed by atoms with van der Waals surface area (Å²) in [4.78, 5) is 16.8. The number of hydrogen-bond acceptors (Lipinski definition) is 3. The van der Waals surface area contributed by atoms with E-state index in [1.165, 1.54) is 0 Å². The Hall–Kier alpha value is -2.00. The van der Waals surface area contributed by atoms with E-state index in [0.717, 1.165) is 24.5 Å². The number of anilines is 2. The monoisotopic (exact) mass is 300 g/mol. The molecule has 3 nitrogen and oxygen atoms in total. The molecule has 4 heteroatoms. The van der Waals surface area contributed by atoms with Crippen LogP contribution in [-0.2, 0) is 0 Å². The minimum atomic E-state index is 0.0555. The summed E-state index contributed by atoms with van der Waals surface area (Å²) in [6, 6.07) is 15.4. The maximum Gasteiger partial charge on any atom is 0.183 e. The van der Waals surface area contributed by atoms with Crippen LogP contribution in [0.1, 0.15) is 10.4 Å². The van der Waals surface area contributed by atoms with E-state index >= 15 is 0 Å². The zero-order valence-corrected chi connectivity index (χ0v) is 12.7. The minimum absolute atomic E-state index is 0.0555. The number of fused-ring (bicyclic) bond motifs is 1. The third-order valence-electron chi connectivity index (χ3n) is 3.85. The minimum Gasteiger partial charge on any atom is -0.371 e. The van der Waals surface area contributed by atoms with Gasteiger partial charge in [0.1, 0.15) is 0 Å². The largest absolute Gasteiger partial charge is 0.371 e. The molecule has 0 amide bonds. The second-order valence-electron chi connectivity index (χ2n) is 5.23. The van der Waals surface area contributed by atoms with Crippen LogP contribution in [-0.4, -0.2) is 32.5 Å². The highest BCUT2D eigenvalue weighted by atomic mass is 35.5. The molecule has 0 saturated heterocycles. The van der Waals surface area contributed by atoms with Crippen molar-refractivity contribution in [3.8, 4) is 0 Å². The number of carbonyl (C=O) groups excluding carboxylic acids is 1. The van der Waals surface area contributed by atoms with Crippen LogP contribution in [0.3, 0.4) is 0 Å². The van der Waals surface area contributed by atoms with Gasteiger partial charge in [-0.1, -0.05) is 35.9 Å². The standard InChI is InChI=1S/C17H17ClN2O/c1-19-10-11-20(16-9-5-4-8-15(16)19)12-17(21)13-6-2-3-7-14(13)18/h2-9H,10-12H2,1H3. The van der Waals surface area contributed by atoms with E-state index in [1.807, 2.05) is 24.3 Å². The van der Waals surface area contributed by atoms with E-state index in [1.54, 1.807) is 12.1 Å². The fraction of sp³-hybridized carbons (Fsp3) is 0.235. The van der Waals surface area contributed by atoms with Crippen molar-refractivity contribution in [2.24, 2.45) is 0 Å². The van der Waals surface area contributed by atoms with Crippen LogP contribution in [0.15, 0.2) is 48.5 Å². The summed E-state index contributed by atoms with van der Waals surface area (Å²) in [5.74, 6) is 0.0555. The van der Waals surface area contributed by atoms with Crippen molar-refractivity contribution >= 4 is 28.8 Å². The van der Waals surface area contributed by atoms with E-state index in [2.05, 4.69) is 29.0 Å². The number of carbonyl (C=O) groups is 1. The number of ketones is 1. The molecule has 3 rings (SSSR count). The molecule has 0 unspecified atom stereocenters. The second-order valence-corrected chi connectivity index (χ2v) is 5.64. The SMILES string of the molecule is CN1CCN(CC(=O)c2ccccc2Cl)c2ccccc21. The van der Waals surface area contributed by atoms with Crippen LogP contribution in [0.5, 0.6) is 0 Å². The molecule has 2 aromatic rings. The molecule has 0 aromatic heterocycles. The fourth-order valence-corrected chi connectivity index (χ4v) is 2.92. The Bertz CT molecular complexity index is 671. The predicted molar refractivity (Wildman–Crippen MR) is 87.7 cm³/mol. The quantitative estimate of drug-likeness (QED) is 0.811. The molecule has 0 bridgehead atoms. The molecule has 0 spiro atoms. The van der Waals surface area contributed by atoms with Gasteiger partial charge in [-0.25, -0.2) is 0 Å². The normalized spacial score (nSPS) is 14.0. The van der Waals surface area contributed by atoms with Crippen LogP contribution in [0.2, 0.25) is 5.02 Å². The van der Waals surface area contributed by atoms with Crippen LogP contribution in [0, 0.1) is 0 Å². The van der Waals surface area contributed by atoms with Crippen LogP contribution in [0.25, 0.3) is 0 Å². The van der Waals surface area contributed by atoms with Gasteiger partial charge >= 0.3 is 0 Å². The van der Waals surface area contributed by atoms with Crippen molar-refractivity contribution < 1.29 is 4.79 Å². The number of para-hydroxylation sites is 2. The van der Waals surface area contributed by atoms with Crippen molar-refractivity contribution in [2.75, 3.05) is 36.5 Å². The Balaban J connectivity index is 1.85. The summed E-state index contributed by atoms with van der Waals surface area (Å²) in [5.41, 5.74) is 2.86. The highest BCUT2D eigenvalue weighted by Crippen LogP contribution is 2.31. The summed E-state index contributed by atoms with van der Waals surface area (Å²) in [7, 11) is 2.08. The van der Waals surface area contributed by atoms with Crippen molar-refractivity contribution in [3.63, 3.8) is 0 Å². The molecule has 0 saturated carbocycles. The summed E-state index contributed by atoms with van der Waals surface area (Å²) >= 11 is 6.11. The van der Waals surface area contributed by atoms with Gasteiger partial charge in [-0.05, 0) is 24.3 Å². The van der Waals surface area contributed by atoms with Crippen LogP contribution >= 0.6 is 11.6 Å². The zero-order valence-electron chi connectivity index (χ0n) is 11.9. The molecule has 21 heavy (non-hydrogen) atoms. The van der Waals surface area contributed by atoms with Gasteiger partial charge in [0.2, 0.25) is 0 Å². The van der Waals surface area contributed by atoms with Crippen molar-refractivity contribution in [2.45, 2.75) is 0 Å². The van der Waals surface area contributed by atoms with Gasteiger partial charge < -0.3 is 9.80 Å². The van der Waals surface area contributed by atoms with E-state index in [4.69, 9.17) is 11.6 Å². The summed E-state index contributed by atoms with van der Waals surface area (Å²) in [6.45, 7) is 2.10. The fourth-order valence-electron chi connectivity index (χ4n) is 2.68. The average Bonchev–Trinajstić information content (AvgIpc) is 2.51. The van der Waals surface area contributed by atoms with E-state index in [9.17, 15) is 4.79 Å². The Morgan fingerprint density at radius 1 is 1.05 bits per heavy atom. The highest BCUT2D eigenvalue weighted by Gasteiger charge is 2.22. The molecule has 0 atom stereocenters. The van der Waals surface area contributed by atoms with Gasteiger partial charge in [0, 0.05) is 25.7 Å². The van der Waals surface area contributed by atoms with Gasteiger partial charge in [0.25, 0.3) is 0 Å². The molecule has 1 heterocycles. The van der Waals surface area contributed by atoms with E-state index < -0.39 is 0 Å². The molecule has 0 N–H and O–H groups in total. The molecule has 0 aliphatic carbocycles. The molecule has 1 aliphatic heterocycles. The number of halogens is 1. The Morgan fingerprint density at radius 2 is 1.71 bits per heavy atom. The predicted octanol–water partition coefficient (Wildman–Crippen LogP) is 3.48. The first-order valence-electron chi connectivity index (χ1n) is 6.99. The first-order valence-corrected chi connectivity index (χ1v) is 7.37. The Morgan fingerprint density at radius 3 is 2.48 bits per heavy atom. The summed E-state index contributed by atoms with van der Waals surface area (Å²) < 4.78 is 0. The molecular weight excluding hydrogens is 284 g/mol. The van der Waals surface area contributed by atoms with Gasteiger partial charge in [0.15, 0.2) is 5.78 Å². The number of rotatable bonds is 3. The van der Waals surface area contributed by atoms with Crippen molar-refractivity contribution in [3.05, 3.63) is 59.1 Å². The average molecular weight is 301 g/mol. The number of hydrogen-bond donors (Lipinski definition) is 0. The summed E-state index contributed by atoms with van der Waals surface area (Å²) in [5, 5.41) is 0.518. The van der Waals surface area contributed by atoms with Gasteiger partial charge in [-0.15, -0.1) is 0 Å². The second kappa shape index (κ2) is 5.78. The third kappa shape index (κ3) is 2.74. The number of nitrogens with zero attached hydrogens (tertiary/aromatic N) is 2. The van der Waals surface area contributed by atoms with Crippen LogP contribution in [0.4, 0.5) is 11.4 Å². The Kier molecular flexibility index (Phi) is 3.84. The topological polar surface area (TPSA) is 23.6 Å². The smallest absolute Gasteiger partial charge is 0.183 e. The lowest BCUT2D eigenvalue weighted by molar-refractivity contribution is 0.0999. The third-order valence-corrected chi connectivity index (χ3v) is 4.18. The lowest BCUT2D eigenvalue weighted by Gasteiger charge is -2.36. The molecule has 1 aliphatic rings. The molecule has 0 radical (unpaired) electrons. The molecule has 0 fully saturated rings. The highest BCUT2D eigenvalue weighted by molar-refractivity contribution is 6.34. The molecule has 2 aromatic carbocycles. The van der Waals surface area contributed by atoms with Crippen LogP contribution < -0.4 is 9.80 Å². The van der Waals surface area contributed by atoms with Gasteiger partial charge in [-0.2, -0.15) is 0 Å². The Labute approximate surface area is 129 Å². The first-order chi connectivity index (χ1) is 10.2. The lowest BCUT2D eigenvalue weighted by Crippen LogP contribution is -2.41. The van der Waals surface area contributed by atoms with Gasteiger partial charge in [0.05, 0.1) is 22.9 Å². The van der Waals surface area contributed by atoms with Gasteiger partial charge in [-0.3, -0.25) is 4.79 Å². The van der Waals surface area contributed by atoms with Crippen molar-refractivity contribution in [1.82, 2.24) is 0 Å². The number of benzene rings is 2. The number of likely N-dealkylation sites (N-methyl/N-ethyl adjacent to an activating group) is 1. The van der Waals surface area contributed by atoms with Crippen molar-refractivity contribution in [1.29, 1.82) is 0 Å². The molecular formula is C17H17ClN2O. The van der Waals surface area contributed by atoms with E-state index in [0.29, 0.717) is 17.1 Å². The maximum atomic E-state index is 12.5. The maximum absolute atomic E-state index is 12.5.